The van der Waals surface area contributed by atoms with Crippen LogP contribution >= 0.6 is 8.58 Å². The maximum Gasteiger partial charge on any atom is 0.0373 e. The Morgan fingerprint density at radius 3 is 3.18 bits per heavy atom. The maximum atomic E-state index is 3.35. The van der Waals surface area contributed by atoms with E-state index in [-0.39, 0.29) is 0 Å². The average molecular weight is 165 g/mol. The molecule has 0 spiro atoms. The summed E-state index contributed by atoms with van der Waals surface area (Å²) < 4.78 is 0. The van der Waals surface area contributed by atoms with Crippen molar-refractivity contribution in [2.24, 2.45) is 0 Å². The SMILES string of the molecule is CPc1ccc2c(c1)CCN2. The van der Waals surface area contributed by atoms with E-state index in [0.717, 1.165) is 15.1 Å². The summed E-state index contributed by atoms with van der Waals surface area (Å²) in [5, 5.41) is 4.83. The van der Waals surface area contributed by atoms with Crippen molar-refractivity contribution in [3.8, 4) is 0 Å². The van der Waals surface area contributed by atoms with Crippen molar-refractivity contribution >= 4 is 19.6 Å². The molecule has 1 N–H and O–H groups in total. The van der Waals surface area contributed by atoms with Crippen LogP contribution in [0.25, 0.3) is 0 Å². The van der Waals surface area contributed by atoms with Crippen molar-refractivity contribution in [1.82, 2.24) is 0 Å². The minimum absolute atomic E-state index is 0.926. The van der Waals surface area contributed by atoms with E-state index in [0.29, 0.717) is 0 Å². The van der Waals surface area contributed by atoms with Crippen LogP contribution in [0.2, 0.25) is 0 Å². The molecule has 1 aliphatic heterocycles. The van der Waals surface area contributed by atoms with Crippen molar-refractivity contribution in [2.75, 3.05) is 18.5 Å². The highest BCUT2D eigenvalue weighted by Gasteiger charge is 2.08. The first kappa shape index (κ1) is 7.12. The van der Waals surface area contributed by atoms with Crippen LogP contribution in [0.5, 0.6) is 0 Å². The molecule has 0 saturated heterocycles. The van der Waals surface area contributed by atoms with Gasteiger partial charge in [0.25, 0.3) is 0 Å². The monoisotopic (exact) mass is 165 g/mol. The molecule has 1 unspecified atom stereocenters. The Balaban J connectivity index is 2.41. The summed E-state index contributed by atoms with van der Waals surface area (Å²) in [5.41, 5.74) is 2.84. The van der Waals surface area contributed by atoms with Crippen LogP contribution in [0.1, 0.15) is 5.56 Å². The first-order valence-corrected chi connectivity index (χ1v) is 5.45. The van der Waals surface area contributed by atoms with Crippen LogP contribution in [-0.4, -0.2) is 13.2 Å². The van der Waals surface area contributed by atoms with Crippen molar-refractivity contribution in [3.63, 3.8) is 0 Å². The fourth-order valence-corrected chi connectivity index (χ4v) is 2.03. The molecule has 0 radical (unpaired) electrons. The lowest BCUT2D eigenvalue weighted by molar-refractivity contribution is 1.11. The Bertz CT molecular complexity index is 270. The third-order valence-corrected chi connectivity index (χ3v) is 2.99. The highest BCUT2D eigenvalue weighted by atomic mass is 31.1. The van der Waals surface area contributed by atoms with Crippen molar-refractivity contribution in [2.45, 2.75) is 6.42 Å². The lowest BCUT2D eigenvalue weighted by Gasteiger charge is -2.01. The van der Waals surface area contributed by atoms with E-state index in [1.165, 1.54) is 23.0 Å². The van der Waals surface area contributed by atoms with Crippen molar-refractivity contribution < 1.29 is 0 Å². The van der Waals surface area contributed by atoms with Crippen molar-refractivity contribution in [1.29, 1.82) is 0 Å². The van der Waals surface area contributed by atoms with Gasteiger partial charge in [-0.2, -0.15) is 0 Å². The van der Waals surface area contributed by atoms with Crippen LogP contribution in [0, 0.1) is 0 Å². The fraction of sp³-hybridized carbons (Fsp3) is 0.333. The summed E-state index contributed by atoms with van der Waals surface area (Å²) >= 11 is 0. The highest BCUT2D eigenvalue weighted by molar-refractivity contribution is 7.46. The van der Waals surface area contributed by atoms with Gasteiger partial charge in [0, 0.05) is 12.2 Å². The van der Waals surface area contributed by atoms with Gasteiger partial charge in [-0.3, -0.25) is 0 Å². The molecule has 1 atom stereocenters. The number of anilines is 1. The van der Waals surface area contributed by atoms with Crippen LogP contribution in [0.3, 0.4) is 0 Å². The van der Waals surface area contributed by atoms with Crippen LogP contribution in [-0.2, 0) is 6.42 Å². The van der Waals surface area contributed by atoms with E-state index in [4.69, 9.17) is 0 Å². The third-order valence-electron chi connectivity index (χ3n) is 2.10. The summed E-state index contributed by atoms with van der Waals surface area (Å²) in [4.78, 5) is 0. The molecule has 2 rings (SSSR count). The minimum atomic E-state index is 0.926. The largest absolute Gasteiger partial charge is 0.384 e. The number of benzene rings is 1. The number of hydrogen-bond acceptors (Lipinski definition) is 1. The van der Waals surface area contributed by atoms with Gasteiger partial charge in [-0.15, -0.1) is 0 Å². The molecule has 11 heavy (non-hydrogen) atoms. The lowest BCUT2D eigenvalue weighted by atomic mass is 10.2. The van der Waals surface area contributed by atoms with Crippen LogP contribution in [0.15, 0.2) is 18.2 Å². The number of rotatable bonds is 1. The molecule has 0 aliphatic carbocycles. The number of hydrogen-bond donors (Lipinski definition) is 1. The van der Waals surface area contributed by atoms with Gasteiger partial charge >= 0.3 is 0 Å². The first-order valence-electron chi connectivity index (χ1n) is 3.95. The Morgan fingerprint density at radius 2 is 2.36 bits per heavy atom. The molecule has 0 saturated carbocycles. The Labute approximate surface area is 69.0 Å². The van der Waals surface area contributed by atoms with Crippen LogP contribution in [0.4, 0.5) is 5.69 Å². The zero-order valence-corrected chi connectivity index (χ0v) is 7.65. The van der Waals surface area contributed by atoms with Gasteiger partial charge < -0.3 is 5.32 Å². The molecule has 0 amide bonds. The lowest BCUT2D eigenvalue weighted by Crippen LogP contribution is -1.94. The molecule has 1 aliphatic rings. The molecule has 1 aromatic rings. The maximum absolute atomic E-state index is 3.35. The minimum Gasteiger partial charge on any atom is -0.384 e. The molecule has 0 bridgehead atoms. The topological polar surface area (TPSA) is 12.0 Å². The number of nitrogens with one attached hydrogen (secondary N) is 1. The second-order valence-electron chi connectivity index (χ2n) is 2.80. The second-order valence-corrected chi connectivity index (χ2v) is 3.88. The van der Waals surface area contributed by atoms with E-state index >= 15 is 0 Å². The molecule has 1 aromatic carbocycles. The van der Waals surface area contributed by atoms with Gasteiger partial charge in [0.2, 0.25) is 0 Å². The summed E-state index contributed by atoms with van der Waals surface area (Å²) in [6.45, 7) is 3.34. The van der Waals surface area contributed by atoms with Crippen LogP contribution < -0.4 is 10.6 Å². The summed E-state index contributed by atoms with van der Waals surface area (Å²) in [6.07, 6.45) is 1.20. The smallest absolute Gasteiger partial charge is 0.0373 e. The van der Waals surface area contributed by atoms with Gasteiger partial charge in [0.15, 0.2) is 0 Å². The zero-order chi connectivity index (χ0) is 7.68. The Kier molecular flexibility index (Phi) is 1.83. The molecule has 2 heteroatoms. The molecular weight excluding hydrogens is 153 g/mol. The standard InChI is InChI=1S/C9H12NP/c1-11-8-2-3-9-7(6-8)4-5-10-9/h2-3,6,10-11H,4-5H2,1H3. The molecule has 0 aromatic heterocycles. The van der Waals surface area contributed by atoms with E-state index in [1.54, 1.807) is 0 Å². The first-order chi connectivity index (χ1) is 5.40. The summed E-state index contributed by atoms with van der Waals surface area (Å²) in [5.74, 6) is 0. The fourth-order valence-electron chi connectivity index (χ4n) is 1.46. The van der Waals surface area contributed by atoms with E-state index < -0.39 is 0 Å². The van der Waals surface area contributed by atoms with Gasteiger partial charge in [-0.25, -0.2) is 0 Å². The highest BCUT2D eigenvalue weighted by Crippen LogP contribution is 2.21. The predicted octanol–water partition coefficient (Wildman–Crippen LogP) is 1.59. The second kappa shape index (κ2) is 2.83. The molecule has 58 valence electrons. The molecule has 1 heterocycles. The summed E-state index contributed by atoms with van der Waals surface area (Å²) in [7, 11) is 0.926. The number of fused-ring (bicyclic) bond motifs is 1. The Morgan fingerprint density at radius 1 is 1.45 bits per heavy atom. The summed E-state index contributed by atoms with van der Waals surface area (Å²) in [6, 6.07) is 6.75. The zero-order valence-electron chi connectivity index (χ0n) is 6.65. The predicted molar refractivity (Wildman–Crippen MR) is 52.5 cm³/mol. The average Bonchev–Trinajstić information content (AvgIpc) is 2.50. The van der Waals surface area contributed by atoms with E-state index in [2.05, 4.69) is 30.2 Å². The molecule has 1 nitrogen and oxygen atoms in total. The van der Waals surface area contributed by atoms with Gasteiger partial charge in [0.05, 0.1) is 0 Å². The molecule has 0 fully saturated rings. The van der Waals surface area contributed by atoms with Gasteiger partial charge in [-0.1, -0.05) is 14.6 Å². The normalized spacial score (nSPS) is 15.4. The van der Waals surface area contributed by atoms with E-state index in [9.17, 15) is 0 Å². The van der Waals surface area contributed by atoms with Gasteiger partial charge in [0.1, 0.15) is 0 Å². The molecular formula is C9H12NP. The van der Waals surface area contributed by atoms with Gasteiger partial charge in [-0.05, 0) is 36.1 Å². The van der Waals surface area contributed by atoms with E-state index in [1.807, 2.05) is 0 Å². The van der Waals surface area contributed by atoms with Crippen molar-refractivity contribution in [3.05, 3.63) is 23.8 Å². The quantitative estimate of drug-likeness (QED) is 0.623. The Hall–Kier alpha value is -0.550. The third kappa shape index (κ3) is 1.25.